The van der Waals surface area contributed by atoms with Crippen molar-refractivity contribution in [1.82, 2.24) is 5.43 Å². The minimum Gasteiger partial charge on any atom is -0.508 e. The van der Waals surface area contributed by atoms with Crippen LogP contribution in [0.15, 0.2) is 41.5 Å². The summed E-state index contributed by atoms with van der Waals surface area (Å²) in [5.41, 5.74) is 7.42. The lowest BCUT2D eigenvalue weighted by atomic mass is 9.92. The Morgan fingerprint density at radius 3 is 2.65 bits per heavy atom. The molecule has 5 nitrogen and oxygen atoms in total. The number of aryl methyl sites for hydroxylation is 2. The topological polar surface area (TPSA) is 65.9 Å². The molecule has 0 saturated carbocycles. The van der Waals surface area contributed by atoms with E-state index in [1.165, 1.54) is 11.1 Å². The van der Waals surface area contributed by atoms with Gasteiger partial charge in [0.2, 0.25) is 0 Å². The first-order valence-corrected chi connectivity index (χ1v) is 8.87. The molecule has 1 aliphatic rings. The van der Waals surface area contributed by atoms with Gasteiger partial charge < -0.3 is 15.2 Å². The third-order valence-electron chi connectivity index (χ3n) is 4.31. The van der Waals surface area contributed by atoms with E-state index in [0.29, 0.717) is 17.3 Å². The van der Waals surface area contributed by atoms with Crippen LogP contribution in [0.4, 0.5) is 5.69 Å². The van der Waals surface area contributed by atoms with Crippen LogP contribution >= 0.6 is 12.2 Å². The molecule has 6 heteroatoms. The number of nitrogens with one attached hydrogen (secondary N) is 2. The highest BCUT2D eigenvalue weighted by Gasteiger charge is 2.31. The van der Waals surface area contributed by atoms with Crippen molar-refractivity contribution in [3.05, 3.63) is 53.1 Å². The Hall–Kier alpha value is -2.60. The molecule has 0 radical (unpaired) electrons. The van der Waals surface area contributed by atoms with Gasteiger partial charge in [-0.1, -0.05) is 6.07 Å². The molecule has 1 heterocycles. The standard InChI is InChI=1S/C20H23N3O2S/c1-12-5-6-14(9-13(12)2)21-19(26)23-22-17-11-20(3,4)25-18-8-7-15(24)10-16(17)18/h5-10,24H,11H2,1-4H3,(H2,21,23,26). The van der Waals surface area contributed by atoms with Crippen molar-refractivity contribution >= 4 is 28.7 Å². The first kappa shape index (κ1) is 18.2. The van der Waals surface area contributed by atoms with E-state index in [9.17, 15) is 5.11 Å². The van der Waals surface area contributed by atoms with Crippen LogP contribution in [0.5, 0.6) is 11.5 Å². The van der Waals surface area contributed by atoms with E-state index in [1.54, 1.807) is 18.2 Å². The number of benzene rings is 2. The third-order valence-corrected chi connectivity index (χ3v) is 4.50. The summed E-state index contributed by atoms with van der Waals surface area (Å²) in [7, 11) is 0. The first-order chi connectivity index (χ1) is 12.2. The maximum absolute atomic E-state index is 9.79. The summed E-state index contributed by atoms with van der Waals surface area (Å²) >= 11 is 5.35. The Bertz CT molecular complexity index is 891. The molecule has 3 N–H and O–H groups in total. The van der Waals surface area contributed by atoms with Crippen LogP contribution in [-0.4, -0.2) is 21.5 Å². The van der Waals surface area contributed by atoms with Crippen LogP contribution in [0.1, 0.15) is 37.0 Å². The Labute approximate surface area is 159 Å². The summed E-state index contributed by atoms with van der Waals surface area (Å²) < 4.78 is 5.96. The van der Waals surface area contributed by atoms with Crippen LogP contribution in [0.3, 0.4) is 0 Å². The highest BCUT2D eigenvalue weighted by molar-refractivity contribution is 7.80. The molecule has 0 atom stereocenters. The van der Waals surface area contributed by atoms with E-state index in [2.05, 4.69) is 29.7 Å². The second-order valence-corrected chi connectivity index (χ2v) is 7.55. The largest absolute Gasteiger partial charge is 0.508 e. The molecule has 2 aromatic carbocycles. The normalized spacial score (nSPS) is 16.5. The average Bonchev–Trinajstić information content (AvgIpc) is 2.56. The zero-order valence-corrected chi connectivity index (χ0v) is 16.2. The molecular formula is C20H23N3O2S. The van der Waals surface area contributed by atoms with Gasteiger partial charge in [-0.2, -0.15) is 5.10 Å². The van der Waals surface area contributed by atoms with Gasteiger partial charge in [0, 0.05) is 17.7 Å². The smallest absolute Gasteiger partial charge is 0.191 e. The lowest BCUT2D eigenvalue weighted by Crippen LogP contribution is -2.37. The summed E-state index contributed by atoms with van der Waals surface area (Å²) in [5.74, 6) is 0.878. The fourth-order valence-corrected chi connectivity index (χ4v) is 3.02. The number of rotatable bonds is 2. The molecule has 0 aliphatic carbocycles. The molecular weight excluding hydrogens is 346 g/mol. The summed E-state index contributed by atoms with van der Waals surface area (Å²) in [4.78, 5) is 0. The van der Waals surface area contributed by atoms with Crippen LogP contribution in [0, 0.1) is 13.8 Å². The Balaban J connectivity index is 1.78. The van der Waals surface area contributed by atoms with Crippen molar-refractivity contribution in [2.24, 2.45) is 5.10 Å². The first-order valence-electron chi connectivity index (χ1n) is 8.47. The van der Waals surface area contributed by atoms with Gasteiger partial charge in [-0.15, -0.1) is 0 Å². The van der Waals surface area contributed by atoms with Crippen molar-refractivity contribution in [2.75, 3.05) is 5.32 Å². The fourth-order valence-electron chi connectivity index (χ4n) is 2.86. The number of nitrogens with zero attached hydrogens (tertiary/aromatic N) is 1. The molecule has 0 fully saturated rings. The van der Waals surface area contributed by atoms with Crippen molar-refractivity contribution in [3.8, 4) is 11.5 Å². The second-order valence-electron chi connectivity index (χ2n) is 7.14. The quantitative estimate of drug-likeness (QED) is 0.545. The van der Waals surface area contributed by atoms with Gasteiger partial charge >= 0.3 is 0 Å². The number of hydrazone groups is 1. The fraction of sp³-hybridized carbons (Fsp3) is 0.300. The molecule has 136 valence electrons. The third kappa shape index (κ3) is 4.14. The number of ether oxygens (including phenoxy) is 1. The lowest BCUT2D eigenvalue weighted by molar-refractivity contribution is 0.111. The minimum absolute atomic E-state index is 0.176. The maximum atomic E-state index is 9.79. The van der Waals surface area contributed by atoms with Gasteiger partial charge in [-0.3, -0.25) is 5.43 Å². The molecule has 3 rings (SSSR count). The number of hydrogen-bond donors (Lipinski definition) is 3. The molecule has 0 unspecified atom stereocenters. The van der Waals surface area contributed by atoms with Gasteiger partial charge in [0.15, 0.2) is 5.11 Å². The van der Waals surface area contributed by atoms with E-state index in [-0.39, 0.29) is 11.4 Å². The lowest BCUT2D eigenvalue weighted by Gasteiger charge is -2.33. The van der Waals surface area contributed by atoms with Crippen LogP contribution in [0.2, 0.25) is 0 Å². The summed E-state index contributed by atoms with van der Waals surface area (Å²) in [6.07, 6.45) is 0.600. The Kier molecular flexibility index (Phi) is 4.87. The monoisotopic (exact) mass is 369 g/mol. The van der Waals surface area contributed by atoms with Crippen molar-refractivity contribution < 1.29 is 9.84 Å². The highest BCUT2D eigenvalue weighted by Crippen LogP contribution is 2.35. The van der Waals surface area contributed by atoms with Gasteiger partial charge in [-0.05, 0) is 81.4 Å². The highest BCUT2D eigenvalue weighted by atomic mass is 32.1. The summed E-state index contributed by atoms with van der Waals surface area (Å²) in [5, 5.41) is 17.8. The number of phenols is 1. The molecule has 1 aliphatic heterocycles. The molecule has 26 heavy (non-hydrogen) atoms. The minimum atomic E-state index is -0.381. The number of aromatic hydroxyl groups is 1. The maximum Gasteiger partial charge on any atom is 0.191 e. The molecule has 0 amide bonds. The molecule has 2 aromatic rings. The SMILES string of the molecule is Cc1ccc(NC(=S)NN=C2CC(C)(C)Oc3ccc(O)cc32)cc1C. The number of thiocarbonyl (C=S) groups is 1. The molecule has 0 spiro atoms. The van der Waals surface area contributed by atoms with E-state index < -0.39 is 0 Å². The van der Waals surface area contributed by atoms with Gasteiger partial charge in [0.25, 0.3) is 0 Å². The van der Waals surface area contributed by atoms with E-state index in [1.807, 2.05) is 32.0 Å². The predicted octanol–water partition coefficient (Wildman–Crippen LogP) is 4.26. The van der Waals surface area contributed by atoms with Crippen molar-refractivity contribution in [2.45, 2.75) is 39.7 Å². The van der Waals surface area contributed by atoms with Crippen LogP contribution in [-0.2, 0) is 0 Å². The number of anilines is 1. The number of hydrogen-bond acceptors (Lipinski definition) is 4. The molecule has 0 saturated heterocycles. The molecule has 0 bridgehead atoms. The zero-order chi connectivity index (χ0) is 18.9. The van der Waals surface area contributed by atoms with Crippen LogP contribution < -0.4 is 15.5 Å². The van der Waals surface area contributed by atoms with Gasteiger partial charge in [0.1, 0.15) is 17.1 Å². The van der Waals surface area contributed by atoms with E-state index in [0.717, 1.165) is 17.0 Å². The predicted molar refractivity (Wildman–Crippen MR) is 109 cm³/mol. The van der Waals surface area contributed by atoms with Gasteiger partial charge in [0.05, 0.1) is 5.71 Å². The van der Waals surface area contributed by atoms with Crippen molar-refractivity contribution in [3.63, 3.8) is 0 Å². The Morgan fingerprint density at radius 1 is 1.15 bits per heavy atom. The summed E-state index contributed by atoms with van der Waals surface area (Å²) in [6, 6.07) is 11.1. The van der Waals surface area contributed by atoms with E-state index in [4.69, 9.17) is 17.0 Å². The Morgan fingerprint density at radius 2 is 1.92 bits per heavy atom. The van der Waals surface area contributed by atoms with Crippen molar-refractivity contribution in [1.29, 1.82) is 0 Å². The second kappa shape index (κ2) is 6.96. The van der Waals surface area contributed by atoms with Crippen LogP contribution in [0.25, 0.3) is 0 Å². The molecule has 0 aromatic heterocycles. The van der Waals surface area contributed by atoms with E-state index >= 15 is 0 Å². The number of fused-ring (bicyclic) bond motifs is 1. The van der Waals surface area contributed by atoms with Gasteiger partial charge in [-0.25, -0.2) is 0 Å². The summed E-state index contributed by atoms with van der Waals surface area (Å²) in [6.45, 7) is 8.14. The average molecular weight is 369 g/mol. The number of phenolic OH excluding ortho intramolecular Hbond substituents is 1. The zero-order valence-electron chi connectivity index (χ0n) is 15.4.